The van der Waals surface area contributed by atoms with Crippen LogP contribution in [0.2, 0.25) is 0 Å². The van der Waals surface area contributed by atoms with E-state index in [9.17, 15) is 4.79 Å². The number of para-hydroxylation sites is 1. The maximum absolute atomic E-state index is 11.6. The van der Waals surface area contributed by atoms with Crippen molar-refractivity contribution in [3.63, 3.8) is 0 Å². The van der Waals surface area contributed by atoms with E-state index < -0.39 is 0 Å². The van der Waals surface area contributed by atoms with Crippen molar-refractivity contribution < 1.29 is 39.1 Å². The fraction of sp³-hybridized carbons (Fsp3) is 0.611. The van der Waals surface area contributed by atoms with Crippen molar-refractivity contribution in [1.29, 1.82) is 0 Å². The van der Waals surface area contributed by atoms with Crippen molar-refractivity contribution in [3.05, 3.63) is 30.3 Å². The molecular weight excluding hydrogens is 271 g/mol. The van der Waals surface area contributed by atoms with Gasteiger partial charge in [0.1, 0.15) is 5.75 Å². The minimum atomic E-state index is -0.112. The molecule has 0 unspecified atom stereocenters. The Morgan fingerprint density at radius 3 is 1.95 bits per heavy atom. The van der Waals surface area contributed by atoms with Gasteiger partial charge < -0.3 is 4.74 Å². The summed E-state index contributed by atoms with van der Waals surface area (Å²) in [4.78, 5) is 11.6. The Balaban J connectivity index is 0.00000400. The number of hydrogen-bond donors (Lipinski definition) is 0. The standard InChI is InChI=1S/C18H28O2.Na/c1-2-3-4-5-6-7-8-9-13-16-18(19)20-17-14-11-10-12-15-17;/h10-12,14-15H,2-9,13,16H2,1H3;/q;+1. The molecule has 0 amide bonds. The molecule has 1 rings (SSSR count). The number of unbranched alkanes of at least 4 members (excludes halogenated alkanes) is 8. The van der Waals surface area contributed by atoms with Crippen molar-refractivity contribution >= 4 is 5.97 Å². The number of benzene rings is 1. The largest absolute Gasteiger partial charge is 1.00 e. The molecule has 0 saturated heterocycles. The molecule has 0 N–H and O–H groups in total. The number of ether oxygens (including phenoxy) is 1. The van der Waals surface area contributed by atoms with Gasteiger partial charge >= 0.3 is 35.5 Å². The zero-order valence-electron chi connectivity index (χ0n) is 13.8. The summed E-state index contributed by atoms with van der Waals surface area (Å²) < 4.78 is 5.25. The molecule has 0 atom stereocenters. The summed E-state index contributed by atoms with van der Waals surface area (Å²) in [6, 6.07) is 9.29. The number of esters is 1. The number of carbonyl (C=O) groups excluding carboxylic acids is 1. The second-order valence-corrected chi connectivity index (χ2v) is 5.37. The quantitative estimate of drug-likeness (QED) is 0.272. The van der Waals surface area contributed by atoms with Crippen LogP contribution in [0.5, 0.6) is 5.75 Å². The number of hydrogen-bond acceptors (Lipinski definition) is 2. The Morgan fingerprint density at radius 2 is 1.38 bits per heavy atom. The molecule has 0 aliphatic rings. The van der Waals surface area contributed by atoms with Crippen molar-refractivity contribution in [2.45, 2.75) is 71.1 Å². The third kappa shape index (κ3) is 12.0. The minimum absolute atomic E-state index is 0. The second kappa shape index (κ2) is 14.6. The van der Waals surface area contributed by atoms with Gasteiger partial charge in [0, 0.05) is 6.42 Å². The summed E-state index contributed by atoms with van der Waals surface area (Å²) in [5.74, 6) is 0.535. The van der Waals surface area contributed by atoms with Gasteiger partial charge in [0.25, 0.3) is 0 Å². The van der Waals surface area contributed by atoms with Crippen LogP contribution in [0.15, 0.2) is 30.3 Å². The second-order valence-electron chi connectivity index (χ2n) is 5.37. The molecule has 0 aliphatic heterocycles. The van der Waals surface area contributed by atoms with Crippen molar-refractivity contribution in [3.8, 4) is 5.75 Å². The third-order valence-electron chi connectivity index (χ3n) is 3.46. The number of rotatable bonds is 11. The van der Waals surface area contributed by atoms with Crippen LogP contribution in [-0.2, 0) is 4.79 Å². The fourth-order valence-corrected chi connectivity index (χ4v) is 2.25. The van der Waals surface area contributed by atoms with Crippen molar-refractivity contribution in [2.24, 2.45) is 0 Å². The third-order valence-corrected chi connectivity index (χ3v) is 3.46. The predicted octanol–water partition coefficient (Wildman–Crippen LogP) is 2.52. The molecular formula is C18H28NaO2+. The Labute approximate surface area is 151 Å². The topological polar surface area (TPSA) is 26.3 Å². The molecule has 21 heavy (non-hydrogen) atoms. The molecule has 0 aromatic heterocycles. The smallest absolute Gasteiger partial charge is 0.427 e. The van der Waals surface area contributed by atoms with E-state index >= 15 is 0 Å². The van der Waals surface area contributed by atoms with Crippen molar-refractivity contribution in [1.82, 2.24) is 0 Å². The van der Waals surface area contributed by atoms with E-state index in [-0.39, 0.29) is 35.5 Å². The van der Waals surface area contributed by atoms with Gasteiger partial charge in [-0.3, -0.25) is 4.79 Å². The monoisotopic (exact) mass is 299 g/mol. The van der Waals surface area contributed by atoms with Crippen molar-refractivity contribution in [2.75, 3.05) is 0 Å². The molecule has 0 aliphatic carbocycles. The predicted molar refractivity (Wildman–Crippen MR) is 83.9 cm³/mol. The van der Waals surface area contributed by atoms with Crippen LogP contribution in [-0.4, -0.2) is 5.97 Å². The zero-order valence-corrected chi connectivity index (χ0v) is 15.8. The van der Waals surface area contributed by atoms with Gasteiger partial charge in [-0.2, -0.15) is 0 Å². The maximum atomic E-state index is 11.6. The average Bonchev–Trinajstić information content (AvgIpc) is 2.46. The molecule has 0 fully saturated rings. The van der Waals surface area contributed by atoms with Gasteiger partial charge in [-0.25, -0.2) is 0 Å². The molecule has 0 bridgehead atoms. The molecule has 0 spiro atoms. The van der Waals surface area contributed by atoms with E-state index in [1.54, 1.807) is 0 Å². The van der Waals surface area contributed by atoms with Gasteiger partial charge in [-0.15, -0.1) is 0 Å². The molecule has 1 aromatic rings. The maximum Gasteiger partial charge on any atom is 1.00 e. The van der Waals surface area contributed by atoms with Crippen LogP contribution in [0.1, 0.15) is 71.1 Å². The Bertz CT molecular complexity index is 351. The van der Waals surface area contributed by atoms with E-state index in [2.05, 4.69) is 6.92 Å². The Kier molecular flexibility index (Phi) is 14.4. The van der Waals surface area contributed by atoms with E-state index in [0.29, 0.717) is 12.2 Å². The van der Waals surface area contributed by atoms with Gasteiger partial charge in [0.2, 0.25) is 0 Å². The summed E-state index contributed by atoms with van der Waals surface area (Å²) in [5.41, 5.74) is 0. The van der Waals surface area contributed by atoms with Crippen LogP contribution in [0.4, 0.5) is 0 Å². The van der Waals surface area contributed by atoms with E-state index in [4.69, 9.17) is 4.74 Å². The molecule has 0 heterocycles. The SMILES string of the molecule is CCCCCCCCCCCC(=O)Oc1ccccc1.[Na+]. The molecule has 0 radical (unpaired) electrons. The molecule has 0 saturated carbocycles. The van der Waals surface area contributed by atoms with Crippen LogP contribution in [0.25, 0.3) is 0 Å². The van der Waals surface area contributed by atoms with Gasteiger partial charge in [-0.1, -0.05) is 76.5 Å². The average molecular weight is 299 g/mol. The van der Waals surface area contributed by atoms with Gasteiger partial charge in [0.05, 0.1) is 0 Å². The zero-order chi connectivity index (χ0) is 14.5. The van der Waals surface area contributed by atoms with E-state index in [1.807, 2.05) is 30.3 Å². The van der Waals surface area contributed by atoms with Crippen LogP contribution >= 0.6 is 0 Å². The summed E-state index contributed by atoms with van der Waals surface area (Å²) in [6.45, 7) is 2.24. The van der Waals surface area contributed by atoms with E-state index in [0.717, 1.165) is 12.8 Å². The summed E-state index contributed by atoms with van der Waals surface area (Å²) in [6.07, 6.45) is 11.9. The van der Waals surface area contributed by atoms with Crippen LogP contribution < -0.4 is 34.3 Å². The molecule has 3 heteroatoms. The first-order valence-corrected chi connectivity index (χ1v) is 8.08. The first kappa shape index (κ1) is 20.7. The first-order chi connectivity index (χ1) is 9.83. The first-order valence-electron chi connectivity index (χ1n) is 8.08. The normalized spacial score (nSPS) is 9.95. The van der Waals surface area contributed by atoms with Gasteiger partial charge in [-0.05, 0) is 18.6 Å². The Hall–Kier alpha value is -0.310. The van der Waals surface area contributed by atoms with Gasteiger partial charge in [0.15, 0.2) is 0 Å². The van der Waals surface area contributed by atoms with Crippen LogP contribution in [0.3, 0.4) is 0 Å². The minimum Gasteiger partial charge on any atom is -0.427 e. The fourth-order valence-electron chi connectivity index (χ4n) is 2.25. The number of carbonyl (C=O) groups is 1. The Morgan fingerprint density at radius 1 is 0.857 bits per heavy atom. The summed E-state index contributed by atoms with van der Waals surface area (Å²) in [5, 5.41) is 0. The molecule has 112 valence electrons. The molecule has 2 nitrogen and oxygen atoms in total. The van der Waals surface area contributed by atoms with E-state index in [1.165, 1.54) is 44.9 Å². The summed E-state index contributed by atoms with van der Waals surface area (Å²) >= 11 is 0. The summed E-state index contributed by atoms with van der Waals surface area (Å²) in [7, 11) is 0. The van der Waals surface area contributed by atoms with Crippen LogP contribution in [0, 0.1) is 0 Å². The molecule has 1 aromatic carbocycles.